The molecule has 2 aromatic heterocycles. The van der Waals surface area contributed by atoms with Crippen molar-refractivity contribution in [1.29, 1.82) is 0 Å². The summed E-state index contributed by atoms with van der Waals surface area (Å²) in [5, 5.41) is 1.02. The van der Waals surface area contributed by atoms with E-state index in [-0.39, 0.29) is 0 Å². The molecule has 0 unspecified atom stereocenters. The molecule has 1 aromatic carbocycles. The second-order valence-corrected chi connectivity index (χ2v) is 5.77. The van der Waals surface area contributed by atoms with Crippen LogP contribution in [0, 0.1) is 0 Å². The molecule has 114 valence electrons. The van der Waals surface area contributed by atoms with E-state index < -0.39 is 11.2 Å². The smallest absolute Gasteiger partial charge is 0.320 e. The van der Waals surface area contributed by atoms with Crippen LogP contribution in [0.1, 0.15) is 5.56 Å². The molecular formula is C14H12Cl2N4O2. The summed E-state index contributed by atoms with van der Waals surface area (Å²) in [7, 11) is 3.01. The highest BCUT2D eigenvalue weighted by molar-refractivity contribution is 6.36. The molecule has 0 saturated heterocycles. The average Bonchev–Trinajstić information content (AvgIpc) is 2.91. The lowest BCUT2D eigenvalue weighted by Crippen LogP contribution is -2.37. The molecule has 0 aliphatic rings. The molecule has 0 radical (unpaired) electrons. The van der Waals surface area contributed by atoms with Gasteiger partial charge in [0.15, 0.2) is 11.2 Å². The number of fused-ring (bicyclic) bond motifs is 1. The Morgan fingerprint density at radius 2 is 1.73 bits per heavy atom. The largest absolute Gasteiger partial charge is 0.332 e. The van der Waals surface area contributed by atoms with Crippen molar-refractivity contribution in [3.8, 4) is 0 Å². The number of halogens is 2. The Labute approximate surface area is 135 Å². The van der Waals surface area contributed by atoms with Crippen LogP contribution < -0.4 is 11.2 Å². The SMILES string of the molecule is Cn1c(=O)c2c(ncn2Cc2c(Cl)cccc2Cl)n(C)c1=O. The van der Waals surface area contributed by atoms with Crippen LogP contribution in [0.5, 0.6) is 0 Å². The first-order chi connectivity index (χ1) is 10.4. The van der Waals surface area contributed by atoms with Crippen molar-refractivity contribution < 1.29 is 0 Å². The van der Waals surface area contributed by atoms with E-state index in [0.29, 0.717) is 33.3 Å². The van der Waals surface area contributed by atoms with Crippen molar-refractivity contribution in [3.63, 3.8) is 0 Å². The van der Waals surface area contributed by atoms with Gasteiger partial charge in [-0.25, -0.2) is 9.78 Å². The van der Waals surface area contributed by atoms with Crippen molar-refractivity contribution in [2.24, 2.45) is 14.1 Å². The second kappa shape index (κ2) is 5.30. The van der Waals surface area contributed by atoms with Crippen LogP contribution in [0.3, 0.4) is 0 Å². The average molecular weight is 339 g/mol. The summed E-state index contributed by atoms with van der Waals surface area (Å²) in [4.78, 5) is 28.4. The van der Waals surface area contributed by atoms with Gasteiger partial charge < -0.3 is 4.57 Å². The zero-order valence-electron chi connectivity index (χ0n) is 11.9. The van der Waals surface area contributed by atoms with Crippen molar-refractivity contribution in [2.75, 3.05) is 0 Å². The number of hydrogen-bond donors (Lipinski definition) is 0. The van der Waals surface area contributed by atoms with Gasteiger partial charge >= 0.3 is 5.69 Å². The van der Waals surface area contributed by atoms with Gasteiger partial charge in [0.05, 0.1) is 12.9 Å². The van der Waals surface area contributed by atoms with E-state index in [4.69, 9.17) is 23.2 Å². The number of aromatic nitrogens is 4. The van der Waals surface area contributed by atoms with Gasteiger partial charge in [0.25, 0.3) is 5.56 Å². The van der Waals surface area contributed by atoms with Gasteiger partial charge in [-0.15, -0.1) is 0 Å². The van der Waals surface area contributed by atoms with Crippen molar-refractivity contribution in [3.05, 3.63) is 61.0 Å². The Bertz CT molecular complexity index is 980. The first-order valence-electron chi connectivity index (χ1n) is 6.45. The summed E-state index contributed by atoms with van der Waals surface area (Å²) in [6.07, 6.45) is 1.51. The molecular weight excluding hydrogens is 327 g/mol. The molecule has 0 fully saturated rings. The van der Waals surface area contributed by atoms with Crippen molar-refractivity contribution in [1.82, 2.24) is 18.7 Å². The minimum absolute atomic E-state index is 0.294. The predicted molar refractivity (Wildman–Crippen MR) is 85.8 cm³/mol. The van der Waals surface area contributed by atoms with E-state index in [1.165, 1.54) is 17.9 Å². The summed E-state index contributed by atoms with van der Waals surface area (Å²) in [5.74, 6) is 0. The van der Waals surface area contributed by atoms with Crippen LogP contribution in [0.4, 0.5) is 0 Å². The molecule has 2 heterocycles. The molecule has 0 amide bonds. The molecule has 0 atom stereocenters. The van der Waals surface area contributed by atoms with Gasteiger partial charge in [0.2, 0.25) is 0 Å². The number of benzene rings is 1. The third-order valence-corrected chi connectivity index (χ3v) is 4.32. The van der Waals surface area contributed by atoms with Crippen LogP contribution in [-0.2, 0) is 20.6 Å². The third kappa shape index (κ3) is 2.15. The molecule has 22 heavy (non-hydrogen) atoms. The zero-order chi connectivity index (χ0) is 16.0. The standard InChI is InChI=1S/C14H12Cl2N4O2/c1-18-12-11(13(21)19(2)14(18)22)20(7-17-12)6-8-9(15)4-3-5-10(8)16/h3-5,7H,6H2,1-2H3. The first-order valence-corrected chi connectivity index (χ1v) is 7.21. The zero-order valence-corrected chi connectivity index (χ0v) is 13.4. The fraction of sp³-hybridized carbons (Fsp3) is 0.214. The Morgan fingerprint density at radius 3 is 2.36 bits per heavy atom. The highest BCUT2D eigenvalue weighted by Gasteiger charge is 2.16. The molecule has 0 aliphatic carbocycles. The highest BCUT2D eigenvalue weighted by Crippen LogP contribution is 2.25. The molecule has 6 nitrogen and oxygen atoms in total. The van der Waals surface area contributed by atoms with Gasteiger partial charge in [0, 0.05) is 29.7 Å². The number of rotatable bonds is 2. The molecule has 0 spiro atoms. The normalized spacial score (nSPS) is 11.3. The topological polar surface area (TPSA) is 61.8 Å². The Morgan fingerprint density at radius 1 is 1.09 bits per heavy atom. The van der Waals surface area contributed by atoms with Crippen LogP contribution in [0.15, 0.2) is 34.1 Å². The summed E-state index contributed by atoms with van der Waals surface area (Å²) in [6.45, 7) is 0.294. The van der Waals surface area contributed by atoms with E-state index in [9.17, 15) is 9.59 Å². The molecule has 0 bridgehead atoms. The quantitative estimate of drug-likeness (QED) is 0.715. The molecule has 0 saturated carbocycles. The summed E-state index contributed by atoms with van der Waals surface area (Å²) in [5.41, 5.74) is 0.537. The number of aryl methyl sites for hydroxylation is 1. The lowest BCUT2D eigenvalue weighted by Gasteiger charge is -2.09. The van der Waals surface area contributed by atoms with E-state index >= 15 is 0 Å². The van der Waals surface area contributed by atoms with Crippen LogP contribution in [-0.4, -0.2) is 18.7 Å². The second-order valence-electron chi connectivity index (χ2n) is 4.95. The van der Waals surface area contributed by atoms with E-state index in [0.717, 1.165) is 4.57 Å². The van der Waals surface area contributed by atoms with Crippen LogP contribution in [0.2, 0.25) is 10.0 Å². The summed E-state index contributed by atoms with van der Waals surface area (Å²) >= 11 is 12.3. The Kier molecular flexibility index (Phi) is 3.58. The van der Waals surface area contributed by atoms with Gasteiger partial charge in [0.1, 0.15) is 0 Å². The lowest BCUT2D eigenvalue weighted by atomic mass is 10.2. The molecule has 0 N–H and O–H groups in total. The maximum atomic E-state index is 12.4. The van der Waals surface area contributed by atoms with Gasteiger partial charge in [-0.2, -0.15) is 0 Å². The van der Waals surface area contributed by atoms with Crippen LogP contribution in [0.25, 0.3) is 11.2 Å². The van der Waals surface area contributed by atoms with E-state index in [1.54, 1.807) is 29.8 Å². The van der Waals surface area contributed by atoms with Crippen molar-refractivity contribution >= 4 is 34.4 Å². The van der Waals surface area contributed by atoms with E-state index in [1.807, 2.05) is 0 Å². The minimum atomic E-state index is -0.418. The minimum Gasteiger partial charge on any atom is -0.320 e. The highest BCUT2D eigenvalue weighted by atomic mass is 35.5. The van der Waals surface area contributed by atoms with Gasteiger partial charge in [-0.05, 0) is 12.1 Å². The number of imidazole rings is 1. The number of hydrogen-bond acceptors (Lipinski definition) is 3. The maximum Gasteiger partial charge on any atom is 0.332 e. The summed E-state index contributed by atoms with van der Waals surface area (Å²) < 4.78 is 4.03. The third-order valence-electron chi connectivity index (χ3n) is 3.61. The maximum absolute atomic E-state index is 12.4. The first kappa shape index (κ1) is 14.9. The molecule has 3 aromatic rings. The van der Waals surface area contributed by atoms with E-state index in [2.05, 4.69) is 4.98 Å². The van der Waals surface area contributed by atoms with Gasteiger partial charge in [-0.1, -0.05) is 29.3 Å². The van der Waals surface area contributed by atoms with Gasteiger partial charge in [-0.3, -0.25) is 13.9 Å². The molecule has 0 aliphatic heterocycles. The Hall–Kier alpha value is -2.05. The molecule has 3 rings (SSSR count). The van der Waals surface area contributed by atoms with Crippen molar-refractivity contribution in [2.45, 2.75) is 6.54 Å². The fourth-order valence-corrected chi connectivity index (χ4v) is 2.89. The Balaban J connectivity index is 2.26. The lowest BCUT2D eigenvalue weighted by molar-refractivity contribution is 0.702. The summed E-state index contributed by atoms with van der Waals surface area (Å²) in [6, 6.07) is 5.22. The monoisotopic (exact) mass is 338 g/mol. The molecule has 8 heteroatoms. The fourth-order valence-electron chi connectivity index (χ4n) is 2.37. The van der Waals surface area contributed by atoms with Crippen LogP contribution >= 0.6 is 23.2 Å². The predicted octanol–water partition coefficient (Wildman–Crippen LogP) is 1.79. The number of nitrogens with zero attached hydrogens (tertiary/aromatic N) is 4.